The van der Waals surface area contributed by atoms with Crippen LogP contribution in [0, 0.1) is 12.8 Å². The van der Waals surface area contributed by atoms with Crippen LogP contribution in [0.25, 0.3) is 0 Å². The third-order valence-corrected chi connectivity index (χ3v) is 5.62. The number of aryl methyl sites for hydroxylation is 1. The molecule has 1 aromatic heterocycles. The van der Waals surface area contributed by atoms with Gasteiger partial charge in [-0.05, 0) is 49.8 Å². The van der Waals surface area contributed by atoms with E-state index in [1.165, 1.54) is 11.8 Å². The van der Waals surface area contributed by atoms with Gasteiger partial charge in [0.25, 0.3) is 5.91 Å². The minimum Gasteiger partial charge on any atom is -0.352 e. The maximum absolute atomic E-state index is 12.5. The van der Waals surface area contributed by atoms with Gasteiger partial charge in [0, 0.05) is 25.2 Å². The first-order chi connectivity index (χ1) is 13.5. The maximum Gasteiger partial charge on any atom is 0.251 e. The van der Waals surface area contributed by atoms with Gasteiger partial charge in [0.1, 0.15) is 5.82 Å². The highest BCUT2D eigenvalue weighted by atomic mass is 32.2. The third kappa shape index (κ3) is 5.58. The molecule has 2 heterocycles. The lowest BCUT2D eigenvalue weighted by Gasteiger charge is -2.16. The second-order valence-electron chi connectivity index (χ2n) is 7.15. The van der Waals surface area contributed by atoms with E-state index in [1.54, 1.807) is 0 Å². The van der Waals surface area contributed by atoms with E-state index in [1.807, 2.05) is 36.9 Å². The van der Waals surface area contributed by atoms with Crippen LogP contribution in [0.2, 0.25) is 0 Å². The van der Waals surface area contributed by atoms with Crippen molar-refractivity contribution in [2.75, 3.05) is 25.4 Å². The van der Waals surface area contributed by atoms with Crippen LogP contribution in [0.3, 0.4) is 0 Å². The zero-order chi connectivity index (χ0) is 19.9. The molecule has 2 aromatic rings. The largest absolute Gasteiger partial charge is 0.352 e. The Kier molecular flexibility index (Phi) is 7.08. The number of nitrogens with one attached hydrogen (secondary N) is 2. The number of benzene rings is 1. The summed E-state index contributed by atoms with van der Waals surface area (Å²) in [6, 6.07) is 7.81. The summed E-state index contributed by atoms with van der Waals surface area (Å²) in [5, 5.41) is 10.4. The van der Waals surface area contributed by atoms with Gasteiger partial charge in [-0.3, -0.25) is 14.7 Å². The number of nitrogens with zero attached hydrogens (tertiary/aromatic N) is 3. The molecule has 1 atom stereocenters. The summed E-state index contributed by atoms with van der Waals surface area (Å²) in [7, 11) is 0. The molecule has 0 radical (unpaired) electrons. The number of carbonyl (C=O) groups is 2. The molecule has 1 fully saturated rings. The van der Waals surface area contributed by atoms with Crippen molar-refractivity contribution >= 4 is 23.6 Å². The number of H-pyrrole nitrogens is 1. The van der Waals surface area contributed by atoms with Crippen LogP contribution < -0.4 is 5.32 Å². The summed E-state index contributed by atoms with van der Waals surface area (Å²) < 4.78 is 0. The van der Waals surface area contributed by atoms with Crippen LogP contribution in [-0.4, -0.2) is 57.3 Å². The number of aromatic amines is 1. The lowest BCUT2D eigenvalue weighted by molar-refractivity contribution is -0.127. The normalized spacial score (nSPS) is 16.4. The molecule has 8 heteroatoms. The Labute approximate surface area is 169 Å². The number of hydrogen-bond donors (Lipinski definition) is 2. The summed E-state index contributed by atoms with van der Waals surface area (Å²) in [6.07, 6.45) is 2.79. The Bertz CT molecular complexity index is 822. The molecule has 0 bridgehead atoms. The lowest BCUT2D eigenvalue weighted by atomic mass is 9.97. The van der Waals surface area contributed by atoms with Crippen molar-refractivity contribution in [2.45, 2.75) is 38.3 Å². The van der Waals surface area contributed by atoms with E-state index in [4.69, 9.17) is 0 Å². The molecule has 7 nitrogen and oxygen atoms in total. The number of carbonyl (C=O) groups excluding carboxylic acids is 2. The molecule has 28 heavy (non-hydrogen) atoms. The fourth-order valence-electron chi connectivity index (χ4n) is 3.34. The van der Waals surface area contributed by atoms with Gasteiger partial charge in [-0.15, -0.1) is 5.10 Å². The minimum atomic E-state index is -0.0221. The quantitative estimate of drug-likeness (QED) is 0.663. The van der Waals surface area contributed by atoms with Crippen LogP contribution >= 0.6 is 11.8 Å². The van der Waals surface area contributed by atoms with Crippen molar-refractivity contribution in [1.82, 2.24) is 25.4 Å². The van der Waals surface area contributed by atoms with Crippen molar-refractivity contribution in [3.05, 3.63) is 41.2 Å². The van der Waals surface area contributed by atoms with E-state index >= 15 is 0 Å². The van der Waals surface area contributed by atoms with Gasteiger partial charge in [-0.1, -0.05) is 30.8 Å². The van der Waals surface area contributed by atoms with Crippen molar-refractivity contribution in [1.29, 1.82) is 0 Å². The van der Waals surface area contributed by atoms with Crippen LogP contribution in [0.5, 0.6) is 0 Å². The molecule has 0 saturated carbocycles. The number of likely N-dealkylation sites (tertiary alicyclic amines) is 1. The molecule has 0 spiro atoms. The average Bonchev–Trinajstić information content (AvgIpc) is 3.33. The Morgan fingerprint density at radius 2 is 2.25 bits per heavy atom. The van der Waals surface area contributed by atoms with Crippen molar-refractivity contribution in [3.63, 3.8) is 0 Å². The molecular weight excluding hydrogens is 374 g/mol. The molecule has 1 unspecified atom stereocenters. The van der Waals surface area contributed by atoms with Gasteiger partial charge < -0.3 is 10.2 Å². The van der Waals surface area contributed by atoms with Gasteiger partial charge in [-0.2, -0.15) is 0 Å². The standard InChI is InChI=1S/C20H27N5O2S/c1-3-8-21-19(27)17-6-4-5-15(11-17)10-16-7-9-25(12-16)18(26)13-28-20-22-14(2)23-24-20/h4-6,11,16H,3,7-10,12-13H2,1-2H3,(H,21,27)(H,22,23,24). The summed E-state index contributed by atoms with van der Waals surface area (Å²) in [5.74, 6) is 1.64. The first-order valence-electron chi connectivity index (χ1n) is 9.72. The summed E-state index contributed by atoms with van der Waals surface area (Å²) in [5.41, 5.74) is 1.85. The molecule has 3 rings (SSSR count). The topological polar surface area (TPSA) is 91.0 Å². The molecule has 2 N–H and O–H groups in total. The zero-order valence-electron chi connectivity index (χ0n) is 16.4. The van der Waals surface area contributed by atoms with E-state index in [-0.39, 0.29) is 11.8 Å². The van der Waals surface area contributed by atoms with Crippen molar-refractivity contribution < 1.29 is 9.59 Å². The number of hydrogen-bond acceptors (Lipinski definition) is 5. The van der Waals surface area contributed by atoms with E-state index in [9.17, 15) is 9.59 Å². The van der Waals surface area contributed by atoms with Gasteiger partial charge in [0.15, 0.2) is 0 Å². The highest BCUT2D eigenvalue weighted by molar-refractivity contribution is 7.99. The van der Waals surface area contributed by atoms with Crippen LogP contribution in [-0.2, 0) is 11.2 Å². The fraction of sp³-hybridized carbons (Fsp3) is 0.500. The lowest BCUT2D eigenvalue weighted by Crippen LogP contribution is -2.30. The van der Waals surface area contributed by atoms with Crippen molar-refractivity contribution in [3.8, 4) is 0 Å². The third-order valence-electron chi connectivity index (χ3n) is 4.79. The average molecular weight is 402 g/mol. The van der Waals surface area contributed by atoms with E-state index in [0.29, 0.717) is 28.9 Å². The van der Waals surface area contributed by atoms with Crippen molar-refractivity contribution in [2.24, 2.45) is 5.92 Å². The Morgan fingerprint density at radius 1 is 1.39 bits per heavy atom. The summed E-state index contributed by atoms with van der Waals surface area (Å²) in [4.78, 5) is 30.7. The maximum atomic E-state index is 12.5. The minimum absolute atomic E-state index is 0.0221. The molecule has 1 saturated heterocycles. The Morgan fingerprint density at radius 3 is 3.00 bits per heavy atom. The van der Waals surface area contributed by atoms with Crippen LogP contribution in [0.1, 0.15) is 41.5 Å². The summed E-state index contributed by atoms with van der Waals surface area (Å²) in [6.45, 7) is 6.11. The molecule has 1 aromatic carbocycles. The number of aromatic nitrogens is 3. The predicted octanol–water partition coefficient (Wildman–Crippen LogP) is 2.44. The second-order valence-corrected chi connectivity index (χ2v) is 8.09. The molecular formula is C20H27N5O2S. The Balaban J connectivity index is 1.49. The summed E-state index contributed by atoms with van der Waals surface area (Å²) >= 11 is 1.36. The first kappa shape index (κ1) is 20.4. The Hall–Kier alpha value is -2.35. The van der Waals surface area contributed by atoms with Gasteiger partial charge in [-0.25, -0.2) is 4.98 Å². The number of amides is 2. The predicted molar refractivity (Wildman–Crippen MR) is 109 cm³/mol. The van der Waals surface area contributed by atoms with Gasteiger partial charge in [0.2, 0.25) is 11.1 Å². The second kappa shape index (κ2) is 9.73. The highest BCUT2D eigenvalue weighted by Crippen LogP contribution is 2.23. The number of rotatable bonds is 8. The molecule has 0 aliphatic carbocycles. The SMILES string of the molecule is CCCNC(=O)c1cccc(CC2CCN(C(=O)CSc3n[nH]c(C)n3)C2)c1. The number of thioether (sulfide) groups is 1. The van der Waals surface area contributed by atoms with Gasteiger partial charge in [0.05, 0.1) is 5.75 Å². The zero-order valence-corrected chi connectivity index (χ0v) is 17.2. The van der Waals surface area contributed by atoms with E-state index in [0.717, 1.165) is 43.7 Å². The monoisotopic (exact) mass is 401 g/mol. The van der Waals surface area contributed by atoms with E-state index in [2.05, 4.69) is 26.6 Å². The van der Waals surface area contributed by atoms with Gasteiger partial charge >= 0.3 is 0 Å². The van der Waals surface area contributed by atoms with Crippen LogP contribution in [0.15, 0.2) is 29.4 Å². The fourth-order valence-corrected chi connectivity index (χ4v) is 4.09. The van der Waals surface area contributed by atoms with Crippen LogP contribution in [0.4, 0.5) is 0 Å². The smallest absolute Gasteiger partial charge is 0.251 e. The first-order valence-corrected chi connectivity index (χ1v) is 10.7. The molecule has 1 aliphatic heterocycles. The molecule has 1 aliphatic rings. The molecule has 150 valence electrons. The highest BCUT2D eigenvalue weighted by Gasteiger charge is 2.26. The van der Waals surface area contributed by atoms with E-state index < -0.39 is 0 Å². The molecule has 2 amide bonds.